The van der Waals surface area contributed by atoms with Crippen molar-refractivity contribution < 1.29 is 9.53 Å². The van der Waals surface area contributed by atoms with Crippen LogP contribution in [0.4, 0.5) is 0 Å². The maximum Gasteiger partial charge on any atom is 0.323 e. The van der Waals surface area contributed by atoms with Crippen LogP contribution in [0.3, 0.4) is 0 Å². The molecule has 0 aromatic carbocycles. The highest BCUT2D eigenvalue weighted by Crippen LogP contribution is 2.29. The number of carbonyl (C=O) groups excluding carboxylic acids is 1. The smallest absolute Gasteiger partial charge is 0.323 e. The molecule has 1 aliphatic heterocycles. The van der Waals surface area contributed by atoms with Gasteiger partial charge in [0.2, 0.25) is 0 Å². The summed E-state index contributed by atoms with van der Waals surface area (Å²) in [6.07, 6.45) is 8.62. The molecule has 2 rings (SSSR count). The number of dihydropyridines is 1. The van der Waals surface area contributed by atoms with Crippen molar-refractivity contribution in [3.8, 4) is 0 Å². The second-order valence-corrected chi connectivity index (χ2v) is 5.37. The number of carbonyl (C=O) groups is 1. The van der Waals surface area contributed by atoms with Crippen LogP contribution in [0, 0.1) is 5.92 Å². The van der Waals surface area contributed by atoms with Crippen molar-refractivity contribution in [2.24, 2.45) is 16.6 Å². The normalized spacial score (nSPS) is 26.1. The topological polar surface area (TPSA) is 64.7 Å². The first-order valence-corrected chi connectivity index (χ1v) is 7.12. The Balaban J connectivity index is 2.10. The van der Waals surface area contributed by atoms with Gasteiger partial charge in [0, 0.05) is 12.3 Å². The SMILES string of the molecule is CCOC(=O)C(N)CC1=CC2C=C(C)C=CC2N=C1Cl. The van der Waals surface area contributed by atoms with Crippen molar-refractivity contribution in [3.63, 3.8) is 0 Å². The van der Waals surface area contributed by atoms with Crippen molar-refractivity contribution in [1.82, 2.24) is 0 Å². The molecule has 0 amide bonds. The molecule has 0 saturated carbocycles. The third kappa shape index (κ3) is 3.38. The van der Waals surface area contributed by atoms with Gasteiger partial charge in [-0.05, 0) is 19.4 Å². The zero-order valence-corrected chi connectivity index (χ0v) is 12.4. The van der Waals surface area contributed by atoms with Gasteiger partial charge in [0.05, 0.1) is 12.6 Å². The summed E-state index contributed by atoms with van der Waals surface area (Å²) < 4.78 is 4.91. The van der Waals surface area contributed by atoms with Crippen molar-refractivity contribution in [1.29, 1.82) is 0 Å². The number of aliphatic imine (C=N–C) groups is 1. The fourth-order valence-corrected chi connectivity index (χ4v) is 2.60. The van der Waals surface area contributed by atoms with Gasteiger partial charge in [-0.3, -0.25) is 9.79 Å². The van der Waals surface area contributed by atoms with Crippen LogP contribution in [0.15, 0.2) is 40.4 Å². The third-order valence-corrected chi connectivity index (χ3v) is 3.70. The molecule has 0 bridgehead atoms. The van der Waals surface area contributed by atoms with Crippen molar-refractivity contribution >= 4 is 22.7 Å². The molecule has 2 N–H and O–H groups in total. The average Bonchev–Trinajstić information content (AvgIpc) is 2.40. The zero-order chi connectivity index (χ0) is 14.7. The molecule has 108 valence electrons. The van der Waals surface area contributed by atoms with E-state index in [4.69, 9.17) is 22.1 Å². The van der Waals surface area contributed by atoms with E-state index >= 15 is 0 Å². The minimum absolute atomic E-state index is 0.0498. The lowest BCUT2D eigenvalue weighted by Gasteiger charge is -2.26. The molecule has 5 heteroatoms. The maximum atomic E-state index is 11.6. The first-order valence-electron chi connectivity index (χ1n) is 6.74. The van der Waals surface area contributed by atoms with E-state index in [1.165, 1.54) is 5.57 Å². The molecule has 4 nitrogen and oxygen atoms in total. The standard InChI is InChI=1S/C15H19ClN2O2/c1-3-20-15(19)12(17)8-11-7-10-6-9(2)4-5-13(10)18-14(11)16/h4-7,10,12-13H,3,8,17H2,1-2H3. The predicted molar refractivity (Wildman–Crippen MR) is 80.8 cm³/mol. The van der Waals surface area contributed by atoms with Gasteiger partial charge < -0.3 is 10.5 Å². The third-order valence-electron chi connectivity index (χ3n) is 3.36. The highest BCUT2D eigenvalue weighted by atomic mass is 35.5. The maximum absolute atomic E-state index is 11.6. The summed E-state index contributed by atoms with van der Waals surface area (Å²) in [5.41, 5.74) is 7.84. The average molecular weight is 295 g/mol. The molecule has 3 unspecified atom stereocenters. The first kappa shape index (κ1) is 15.0. The molecule has 0 radical (unpaired) electrons. The molecule has 1 heterocycles. The monoisotopic (exact) mass is 294 g/mol. The van der Waals surface area contributed by atoms with E-state index in [-0.39, 0.29) is 12.0 Å². The van der Waals surface area contributed by atoms with Crippen LogP contribution in [0.25, 0.3) is 0 Å². The molecule has 20 heavy (non-hydrogen) atoms. The number of halogens is 1. The fraction of sp³-hybridized carbons (Fsp3) is 0.467. The largest absolute Gasteiger partial charge is 0.465 e. The summed E-state index contributed by atoms with van der Waals surface area (Å²) in [5, 5.41) is 0.434. The zero-order valence-electron chi connectivity index (χ0n) is 11.7. The summed E-state index contributed by atoms with van der Waals surface area (Å²) in [6, 6.07) is -0.653. The first-order chi connectivity index (χ1) is 9.51. The Morgan fingerprint density at radius 1 is 1.55 bits per heavy atom. The van der Waals surface area contributed by atoms with E-state index in [9.17, 15) is 4.79 Å². The van der Waals surface area contributed by atoms with Gasteiger partial charge in [0.25, 0.3) is 0 Å². The molecule has 0 fully saturated rings. The van der Waals surface area contributed by atoms with Gasteiger partial charge in [-0.2, -0.15) is 0 Å². The van der Waals surface area contributed by atoms with Crippen LogP contribution in [0.5, 0.6) is 0 Å². The number of esters is 1. The van der Waals surface area contributed by atoms with Gasteiger partial charge in [-0.1, -0.05) is 41.5 Å². The van der Waals surface area contributed by atoms with Crippen LogP contribution in [0.2, 0.25) is 0 Å². The molecular weight excluding hydrogens is 276 g/mol. The van der Waals surface area contributed by atoms with Crippen LogP contribution in [-0.4, -0.2) is 29.8 Å². The van der Waals surface area contributed by atoms with E-state index in [1.807, 2.05) is 25.2 Å². The highest BCUT2D eigenvalue weighted by Gasteiger charge is 2.26. The van der Waals surface area contributed by atoms with Crippen LogP contribution in [0.1, 0.15) is 20.3 Å². The number of nitrogens with two attached hydrogens (primary N) is 1. The summed E-state index contributed by atoms with van der Waals surface area (Å²) >= 11 is 6.18. The Morgan fingerprint density at radius 3 is 3.00 bits per heavy atom. The van der Waals surface area contributed by atoms with Crippen LogP contribution in [-0.2, 0) is 9.53 Å². The summed E-state index contributed by atoms with van der Waals surface area (Å²) in [7, 11) is 0. The molecule has 1 aliphatic carbocycles. The Hall–Kier alpha value is -1.39. The summed E-state index contributed by atoms with van der Waals surface area (Å²) in [6.45, 7) is 4.13. The quantitative estimate of drug-likeness (QED) is 0.810. The molecule has 0 spiro atoms. The molecule has 2 aliphatic rings. The summed E-state index contributed by atoms with van der Waals surface area (Å²) in [5.74, 6) is -0.220. The Labute approximate surface area is 124 Å². The van der Waals surface area contributed by atoms with Crippen molar-refractivity contribution in [3.05, 3.63) is 35.5 Å². The second-order valence-electron chi connectivity index (χ2n) is 5.01. The minimum atomic E-state index is -0.703. The fourth-order valence-electron chi connectivity index (χ4n) is 2.35. The highest BCUT2D eigenvalue weighted by molar-refractivity contribution is 6.69. The van der Waals surface area contributed by atoms with Gasteiger partial charge in [-0.25, -0.2) is 0 Å². The lowest BCUT2D eigenvalue weighted by atomic mass is 9.87. The van der Waals surface area contributed by atoms with Gasteiger partial charge in [-0.15, -0.1) is 0 Å². The number of hydrogen-bond acceptors (Lipinski definition) is 4. The Morgan fingerprint density at radius 2 is 2.30 bits per heavy atom. The molecule has 3 atom stereocenters. The molecule has 0 aromatic heterocycles. The number of nitrogens with zero attached hydrogens (tertiary/aromatic N) is 1. The number of rotatable bonds is 4. The lowest BCUT2D eigenvalue weighted by molar-refractivity contribution is -0.144. The predicted octanol–water partition coefficient (Wildman–Crippen LogP) is 2.35. The van der Waals surface area contributed by atoms with E-state index in [2.05, 4.69) is 11.1 Å². The number of ether oxygens (including phenoxy) is 1. The van der Waals surface area contributed by atoms with Gasteiger partial charge in [0.1, 0.15) is 11.2 Å². The van der Waals surface area contributed by atoms with E-state index < -0.39 is 12.0 Å². The molecule has 0 saturated heterocycles. The summed E-state index contributed by atoms with van der Waals surface area (Å²) in [4.78, 5) is 16.0. The number of hydrogen-bond donors (Lipinski definition) is 1. The number of fused-ring (bicyclic) bond motifs is 1. The van der Waals surface area contributed by atoms with Crippen LogP contribution >= 0.6 is 11.6 Å². The van der Waals surface area contributed by atoms with Gasteiger partial charge >= 0.3 is 5.97 Å². The molecular formula is C15H19ClN2O2. The second kappa shape index (κ2) is 6.37. The van der Waals surface area contributed by atoms with Crippen molar-refractivity contribution in [2.75, 3.05) is 6.61 Å². The molecule has 0 aromatic rings. The Bertz CT molecular complexity index is 520. The lowest BCUT2D eigenvalue weighted by Crippen LogP contribution is -2.34. The minimum Gasteiger partial charge on any atom is -0.465 e. The van der Waals surface area contributed by atoms with Crippen molar-refractivity contribution in [2.45, 2.75) is 32.4 Å². The van der Waals surface area contributed by atoms with E-state index in [0.717, 1.165) is 5.57 Å². The van der Waals surface area contributed by atoms with E-state index in [1.54, 1.807) is 6.92 Å². The number of allylic oxidation sites excluding steroid dienone is 2. The Kier molecular flexibility index (Phi) is 4.78. The van der Waals surface area contributed by atoms with Gasteiger partial charge in [0.15, 0.2) is 0 Å². The van der Waals surface area contributed by atoms with Crippen LogP contribution < -0.4 is 5.73 Å². The van der Waals surface area contributed by atoms with E-state index in [0.29, 0.717) is 18.2 Å².